The smallest absolute Gasteiger partial charge is 0.257 e. The molecule has 0 spiro atoms. The number of furan rings is 1. The van der Waals surface area contributed by atoms with Crippen LogP contribution in [0.1, 0.15) is 27.2 Å². The van der Waals surface area contributed by atoms with Crippen molar-refractivity contribution in [2.24, 2.45) is 4.99 Å². The summed E-state index contributed by atoms with van der Waals surface area (Å²) in [4.78, 5) is 17.5. The Morgan fingerprint density at radius 2 is 1.97 bits per heavy atom. The molecule has 0 fully saturated rings. The van der Waals surface area contributed by atoms with Gasteiger partial charge in [0.2, 0.25) is 5.55 Å². The summed E-state index contributed by atoms with van der Waals surface area (Å²) in [6.07, 6.45) is 1.56. The van der Waals surface area contributed by atoms with Gasteiger partial charge in [0.15, 0.2) is 0 Å². The van der Waals surface area contributed by atoms with Gasteiger partial charge >= 0.3 is 0 Å². The van der Waals surface area contributed by atoms with Gasteiger partial charge in [0.05, 0.1) is 18.5 Å². The van der Waals surface area contributed by atoms with E-state index in [0.29, 0.717) is 28.0 Å². The fourth-order valence-corrected chi connectivity index (χ4v) is 2.99. The third kappa shape index (κ3) is 3.91. The van der Waals surface area contributed by atoms with Crippen molar-refractivity contribution in [3.63, 3.8) is 0 Å². The van der Waals surface area contributed by atoms with Crippen LogP contribution in [0.15, 0.2) is 74.7 Å². The van der Waals surface area contributed by atoms with Crippen LogP contribution < -0.4 is 10.9 Å². The monoisotopic (exact) mass is 388 g/mol. The zero-order chi connectivity index (χ0) is 20.4. The summed E-state index contributed by atoms with van der Waals surface area (Å²) in [6.45, 7) is 4.22. The molecule has 29 heavy (non-hydrogen) atoms. The molecule has 0 bridgehead atoms. The Balaban J connectivity index is 1.83. The largest absolute Gasteiger partial charge is 0.508 e. The maximum atomic E-state index is 12.9. The molecule has 0 saturated carbocycles. The fraction of sp³-hybridized carbons (Fsp3) is 0.130. The number of benzene rings is 2. The van der Waals surface area contributed by atoms with E-state index in [1.807, 2.05) is 32.0 Å². The van der Waals surface area contributed by atoms with Crippen LogP contribution in [0.2, 0.25) is 0 Å². The Bertz CT molecular complexity index is 1250. The quantitative estimate of drug-likeness (QED) is 0.538. The molecule has 2 aromatic carbocycles. The number of nitrogens with one attached hydrogen (secondary N) is 1. The van der Waals surface area contributed by atoms with E-state index in [-0.39, 0.29) is 23.8 Å². The maximum Gasteiger partial charge on any atom is 0.257 e. The molecule has 0 atom stereocenters. The molecule has 146 valence electrons. The zero-order valence-corrected chi connectivity index (χ0v) is 16.1. The summed E-state index contributed by atoms with van der Waals surface area (Å²) < 4.78 is 11.2. The molecular weight excluding hydrogens is 368 g/mol. The van der Waals surface area contributed by atoms with E-state index < -0.39 is 0 Å². The van der Waals surface area contributed by atoms with E-state index in [1.165, 1.54) is 6.07 Å². The first kappa shape index (κ1) is 18.6. The molecule has 6 nitrogen and oxygen atoms in total. The van der Waals surface area contributed by atoms with Crippen molar-refractivity contribution in [1.29, 1.82) is 0 Å². The number of fused-ring (bicyclic) bond motifs is 1. The molecule has 1 amide bonds. The van der Waals surface area contributed by atoms with E-state index in [9.17, 15) is 9.90 Å². The van der Waals surface area contributed by atoms with Gasteiger partial charge in [-0.2, -0.15) is 0 Å². The summed E-state index contributed by atoms with van der Waals surface area (Å²) in [6, 6.07) is 15.8. The number of carbonyl (C=O) groups excluding carboxylic acids is 1. The Labute approximate surface area is 167 Å². The van der Waals surface area contributed by atoms with Crippen molar-refractivity contribution in [3.8, 4) is 5.75 Å². The zero-order valence-electron chi connectivity index (χ0n) is 16.1. The topological polar surface area (TPSA) is 88.0 Å². The second kappa shape index (κ2) is 7.67. The summed E-state index contributed by atoms with van der Waals surface area (Å²) in [5.41, 5.74) is 3.73. The average Bonchev–Trinajstić information content (AvgIpc) is 3.23. The van der Waals surface area contributed by atoms with E-state index in [4.69, 9.17) is 8.83 Å². The molecule has 0 aliphatic rings. The van der Waals surface area contributed by atoms with Gasteiger partial charge < -0.3 is 19.3 Å². The minimum absolute atomic E-state index is 0.0777. The summed E-state index contributed by atoms with van der Waals surface area (Å²) in [5.74, 6) is 0.396. The fourth-order valence-electron chi connectivity index (χ4n) is 2.99. The van der Waals surface area contributed by atoms with Crippen LogP contribution in [0, 0.1) is 13.8 Å². The minimum atomic E-state index is -0.329. The SMILES string of the molecule is Cc1cccc(N=c2oc3cc(O)ccc3cc2C(=O)NCc2ccco2)c1C. The number of carbonyl (C=O) groups is 1. The number of phenolic OH excluding ortho intramolecular Hbond substituents is 1. The summed E-state index contributed by atoms with van der Waals surface area (Å²) in [7, 11) is 0. The molecule has 2 heterocycles. The van der Waals surface area contributed by atoms with Gasteiger partial charge in [-0.1, -0.05) is 12.1 Å². The molecule has 0 saturated heterocycles. The first-order valence-corrected chi connectivity index (χ1v) is 9.19. The second-order valence-electron chi connectivity index (χ2n) is 6.78. The standard InChI is InChI=1S/C23H20N2O4/c1-14-5-3-7-20(15(14)2)25-23-19(22(27)24-13-18-6-4-10-28-18)11-16-8-9-17(26)12-21(16)29-23/h3-12,26H,13H2,1-2H3,(H,24,27). The van der Waals surface area contributed by atoms with E-state index in [1.54, 1.807) is 36.6 Å². The van der Waals surface area contributed by atoms with Gasteiger partial charge in [0.1, 0.15) is 22.7 Å². The maximum absolute atomic E-state index is 12.9. The normalized spacial score (nSPS) is 11.7. The average molecular weight is 388 g/mol. The third-order valence-corrected chi connectivity index (χ3v) is 4.78. The van der Waals surface area contributed by atoms with Gasteiger partial charge in [-0.05, 0) is 61.4 Å². The minimum Gasteiger partial charge on any atom is -0.508 e. The van der Waals surface area contributed by atoms with Gasteiger partial charge in [0.25, 0.3) is 5.91 Å². The highest BCUT2D eigenvalue weighted by molar-refractivity contribution is 5.96. The lowest BCUT2D eigenvalue weighted by molar-refractivity contribution is 0.0944. The van der Waals surface area contributed by atoms with E-state index >= 15 is 0 Å². The number of aromatic hydroxyl groups is 1. The Morgan fingerprint density at radius 3 is 2.76 bits per heavy atom. The predicted octanol–water partition coefficient (Wildman–Crippen LogP) is 4.51. The van der Waals surface area contributed by atoms with Crippen LogP contribution >= 0.6 is 0 Å². The van der Waals surface area contributed by atoms with Crippen molar-refractivity contribution in [2.45, 2.75) is 20.4 Å². The highest BCUT2D eigenvalue weighted by atomic mass is 16.3. The summed E-state index contributed by atoms with van der Waals surface area (Å²) >= 11 is 0. The second-order valence-corrected chi connectivity index (χ2v) is 6.78. The number of nitrogens with zero attached hydrogens (tertiary/aromatic N) is 1. The number of aryl methyl sites for hydroxylation is 1. The van der Waals surface area contributed by atoms with Crippen molar-refractivity contribution < 1.29 is 18.7 Å². The van der Waals surface area contributed by atoms with Crippen LogP contribution in [-0.2, 0) is 6.54 Å². The molecule has 0 unspecified atom stereocenters. The van der Waals surface area contributed by atoms with Crippen LogP contribution in [-0.4, -0.2) is 11.0 Å². The molecular formula is C23H20N2O4. The van der Waals surface area contributed by atoms with Crippen molar-refractivity contribution in [1.82, 2.24) is 5.32 Å². The van der Waals surface area contributed by atoms with Crippen LogP contribution in [0.4, 0.5) is 5.69 Å². The van der Waals surface area contributed by atoms with Crippen LogP contribution in [0.3, 0.4) is 0 Å². The van der Waals surface area contributed by atoms with E-state index in [2.05, 4.69) is 10.3 Å². The molecule has 2 aromatic heterocycles. The van der Waals surface area contributed by atoms with Crippen molar-refractivity contribution in [2.75, 3.05) is 0 Å². The molecule has 2 N–H and O–H groups in total. The molecule has 0 aliphatic heterocycles. The summed E-state index contributed by atoms with van der Waals surface area (Å²) in [5, 5.41) is 13.3. The van der Waals surface area contributed by atoms with E-state index in [0.717, 1.165) is 11.1 Å². The van der Waals surface area contributed by atoms with Gasteiger partial charge in [0, 0.05) is 11.5 Å². The predicted molar refractivity (Wildman–Crippen MR) is 109 cm³/mol. The van der Waals surface area contributed by atoms with Gasteiger partial charge in [-0.15, -0.1) is 0 Å². The van der Waals surface area contributed by atoms with Gasteiger partial charge in [-0.25, -0.2) is 4.99 Å². The first-order chi connectivity index (χ1) is 14.0. The van der Waals surface area contributed by atoms with Crippen molar-refractivity contribution in [3.05, 3.63) is 88.9 Å². The van der Waals surface area contributed by atoms with Gasteiger partial charge in [-0.3, -0.25) is 4.79 Å². The lowest BCUT2D eigenvalue weighted by Crippen LogP contribution is -2.28. The number of phenols is 1. The molecule has 4 rings (SSSR count). The van der Waals surface area contributed by atoms with Crippen molar-refractivity contribution >= 4 is 22.6 Å². The Morgan fingerprint density at radius 1 is 1.10 bits per heavy atom. The highest BCUT2D eigenvalue weighted by Gasteiger charge is 2.14. The lowest BCUT2D eigenvalue weighted by atomic mass is 10.1. The molecule has 0 radical (unpaired) electrons. The molecule has 6 heteroatoms. The molecule has 4 aromatic rings. The number of hydrogen-bond donors (Lipinski definition) is 2. The highest BCUT2D eigenvalue weighted by Crippen LogP contribution is 2.23. The number of rotatable bonds is 4. The van der Waals surface area contributed by atoms with Crippen LogP contribution in [0.5, 0.6) is 5.75 Å². The van der Waals surface area contributed by atoms with Crippen LogP contribution in [0.25, 0.3) is 11.0 Å². The first-order valence-electron chi connectivity index (χ1n) is 9.19. The Kier molecular flexibility index (Phi) is 4.91. The number of hydrogen-bond acceptors (Lipinski definition) is 5. The lowest BCUT2D eigenvalue weighted by Gasteiger charge is -2.07. The third-order valence-electron chi connectivity index (χ3n) is 4.78. The number of amides is 1. The molecule has 0 aliphatic carbocycles. The Hall–Kier alpha value is -3.80.